The number of nitrogens with one attached hydrogen (secondary N) is 2. The molecule has 0 saturated carbocycles. The fourth-order valence-corrected chi connectivity index (χ4v) is 3.52. The lowest BCUT2D eigenvalue weighted by atomic mass is 9.87. The summed E-state index contributed by atoms with van der Waals surface area (Å²) in [6, 6.07) is 20.0. The van der Waals surface area contributed by atoms with Gasteiger partial charge in [-0.05, 0) is 30.3 Å². The molecule has 0 bridgehead atoms. The smallest absolute Gasteiger partial charge is 0.236 e. The normalized spacial score (nSPS) is 12.4. The second-order valence-corrected chi connectivity index (χ2v) is 6.88. The number of fused-ring (bicyclic) bond motifs is 2. The van der Waals surface area contributed by atoms with Crippen LogP contribution in [0, 0.1) is 0 Å². The maximum absolute atomic E-state index is 13.2. The van der Waals surface area contributed by atoms with Crippen molar-refractivity contribution in [1.82, 2.24) is 0 Å². The average Bonchev–Trinajstić information content (AvgIpc) is 2.67. The van der Waals surface area contributed by atoms with Gasteiger partial charge in [0.2, 0.25) is 11.8 Å². The number of amides is 2. The summed E-state index contributed by atoms with van der Waals surface area (Å²) >= 11 is 6.22. The monoisotopic (exact) mass is 392 g/mol. The quantitative estimate of drug-likeness (QED) is 0.645. The van der Waals surface area contributed by atoms with Crippen LogP contribution in [0.5, 0.6) is 11.5 Å². The molecule has 1 aliphatic heterocycles. The van der Waals surface area contributed by atoms with Crippen molar-refractivity contribution < 1.29 is 14.3 Å². The highest BCUT2D eigenvalue weighted by Gasteiger charge is 2.32. The summed E-state index contributed by atoms with van der Waals surface area (Å²) in [5.74, 6) is 0.427. The summed E-state index contributed by atoms with van der Waals surface area (Å²) in [6.07, 6.45) is 0. The van der Waals surface area contributed by atoms with Gasteiger partial charge in [0.15, 0.2) is 0 Å². The van der Waals surface area contributed by atoms with E-state index in [0.717, 1.165) is 11.1 Å². The number of ether oxygens (including phenoxy) is 1. The van der Waals surface area contributed by atoms with Crippen molar-refractivity contribution in [3.05, 3.63) is 82.9 Å². The van der Waals surface area contributed by atoms with Gasteiger partial charge in [-0.2, -0.15) is 0 Å². The fraction of sp³-hybridized carbons (Fsp3) is 0.0909. The van der Waals surface area contributed by atoms with E-state index in [-0.39, 0.29) is 11.8 Å². The summed E-state index contributed by atoms with van der Waals surface area (Å²) in [7, 11) is 0. The van der Waals surface area contributed by atoms with Crippen molar-refractivity contribution in [3.63, 3.8) is 0 Å². The first kappa shape index (κ1) is 18.1. The van der Waals surface area contributed by atoms with Gasteiger partial charge >= 0.3 is 0 Å². The molecular formula is C22H17ClN2O3. The highest BCUT2D eigenvalue weighted by molar-refractivity contribution is 6.34. The van der Waals surface area contributed by atoms with E-state index in [1.807, 2.05) is 48.5 Å². The molecule has 5 nitrogen and oxygen atoms in total. The standard InChI is InChI=1S/C22H17ClN2O3/c1-13(26)24-18-11-10-14(12-17(18)23)25-22(27)21-15-6-2-4-8-19(15)28-20-9-5-3-7-16(20)21/h2-12,21H,1H3,(H,24,26)(H,25,27). The Morgan fingerprint density at radius 3 is 2.07 bits per heavy atom. The van der Waals surface area contributed by atoms with Crippen LogP contribution in [0.4, 0.5) is 11.4 Å². The van der Waals surface area contributed by atoms with E-state index in [1.165, 1.54) is 6.92 Å². The topological polar surface area (TPSA) is 67.4 Å². The van der Waals surface area contributed by atoms with Crippen molar-refractivity contribution in [2.24, 2.45) is 0 Å². The van der Waals surface area contributed by atoms with E-state index in [4.69, 9.17) is 16.3 Å². The van der Waals surface area contributed by atoms with Gasteiger partial charge in [0, 0.05) is 23.7 Å². The van der Waals surface area contributed by atoms with Gasteiger partial charge in [-0.15, -0.1) is 0 Å². The second-order valence-electron chi connectivity index (χ2n) is 6.48. The van der Waals surface area contributed by atoms with Crippen LogP contribution < -0.4 is 15.4 Å². The summed E-state index contributed by atoms with van der Waals surface area (Å²) in [6.45, 7) is 1.41. The number of para-hydroxylation sites is 2. The van der Waals surface area contributed by atoms with E-state index in [1.54, 1.807) is 18.2 Å². The predicted octanol–water partition coefficient (Wildman–Crippen LogP) is 5.17. The highest BCUT2D eigenvalue weighted by atomic mass is 35.5. The lowest BCUT2D eigenvalue weighted by Gasteiger charge is -2.27. The Kier molecular flexibility index (Phi) is 4.75. The molecular weight excluding hydrogens is 376 g/mol. The van der Waals surface area contributed by atoms with Gasteiger partial charge in [-0.3, -0.25) is 9.59 Å². The molecule has 1 heterocycles. The number of carbonyl (C=O) groups is 2. The minimum Gasteiger partial charge on any atom is -0.457 e. The van der Waals surface area contributed by atoms with Gasteiger partial charge in [0.25, 0.3) is 0 Å². The third-order valence-corrected chi connectivity index (χ3v) is 4.80. The first-order chi connectivity index (χ1) is 13.5. The fourth-order valence-electron chi connectivity index (χ4n) is 3.29. The first-order valence-corrected chi connectivity index (χ1v) is 9.14. The molecule has 0 aromatic heterocycles. The van der Waals surface area contributed by atoms with Gasteiger partial charge in [0.05, 0.1) is 16.6 Å². The number of hydrogen-bond acceptors (Lipinski definition) is 3. The lowest BCUT2D eigenvalue weighted by molar-refractivity contribution is -0.117. The number of anilines is 2. The zero-order valence-corrected chi connectivity index (χ0v) is 15.8. The van der Waals surface area contributed by atoms with Crippen LogP contribution in [0.25, 0.3) is 0 Å². The van der Waals surface area contributed by atoms with Gasteiger partial charge in [-0.1, -0.05) is 48.0 Å². The zero-order valence-electron chi connectivity index (χ0n) is 15.0. The van der Waals surface area contributed by atoms with Crippen molar-refractivity contribution in [2.75, 3.05) is 10.6 Å². The van der Waals surface area contributed by atoms with E-state index < -0.39 is 5.92 Å². The zero-order chi connectivity index (χ0) is 19.7. The van der Waals surface area contributed by atoms with Gasteiger partial charge in [-0.25, -0.2) is 0 Å². The second kappa shape index (κ2) is 7.37. The van der Waals surface area contributed by atoms with Crippen molar-refractivity contribution >= 4 is 34.8 Å². The number of halogens is 1. The molecule has 0 unspecified atom stereocenters. The Hall–Kier alpha value is -3.31. The molecule has 0 spiro atoms. The van der Waals surface area contributed by atoms with Crippen LogP contribution in [0.1, 0.15) is 24.0 Å². The maximum atomic E-state index is 13.2. The van der Waals surface area contributed by atoms with Crippen LogP contribution >= 0.6 is 11.6 Å². The molecule has 6 heteroatoms. The molecule has 0 fully saturated rings. The molecule has 0 atom stereocenters. The SMILES string of the molecule is CC(=O)Nc1ccc(NC(=O)C2c3ccccc3Oc3ccccc32)cc1Cl. The number of benzene rings is 3. The Labute approximate surface area is 167 Å². The summed E-state index contributed by atoms with van der Waals surface area (Å²) in [5.41, 5.74) is 2.65. The average molecular weight is 393 g/mol. The Bertz CT molecular complexity index is 1040. The van der Waals surface area contributed by atoms with Crippen LogP contribution in [0.2, 0.25) is 5.02 Å². The molecule has 140 valence electrons. The minimum atomic E-state index is -0.505. The highest BCUT2D eigenvalue weighted by Crippen LogP contribution is 2.44. The van der Waals surface area contributed by atoms with E-state index in [9.17, 15) is 9.59 Å². The minimum absolute atomic E-state index is 0.188. The third kappa shape index (κ3) is 3.44. The molecule has 1 aliphatic rings. The van der Waals surface area contributed by atoms with Crippen molar-refractivity contribution in [2.45, 2.75) is 12.8 Å². The molecule has 4 rings (SSSR count). The Morgan fingerprint density at radius 1 is 0.893 bits per heavy atom. The van der Waals surface area contributed by atoms with Crippen molar-refractivity contribution in [1.29, 1.82) is 0 Å². The van der Waals surface area contributed by atoms with Crippen LogP contribution in [-0.2, 0) is 9.59 Å². The largest absolute Gasteiger partial charge is 0.457 e. The van der Waals surface area contributed by atoms with Crippen LogP contribution in [0.15, 0.2) is 66.7 Å². The van der Waals surface area contributed by atoms with Crippen molar-refractivity contribution in [3.8, 4) is 11.5 Å². The summed E-state index contributed by atoms with van der Waals surface area (Å²) in [5, 5.41) is 5.91. The molecule has 2 amide bonds. The lowest BCUT2D eigenvalue weighted by Crippen LogP contribution is -2.25. The number of rotatable bonds is 3. The van der Waals surface area contributed by atoms with E-state index in [2.05, 4.69) is 10.6 Å². The molecule has 3 aromatic carbocycles. The summed E-state index contributed by atoms with van der Waals surface area (Å²) < 4.78 is 5.94. The van der Waals surface area contributed by atoms with Gasteiger partial charge < -0.3 is 15.4 Å². The number of hydrogen-bond donors (Lipinski definition) is 2. The maximum Gasteiger partial charge on any atom is 0.236 e. The van der Waals surface area contributed by atoms with E-state index in [0.29, 0.717) is 27.9 Å². The molecule has 0 radical (unpaired) electrons. The first-order valence-electron chi connectivity index (χ1n) is 8.76. The van der Waals surface area contributed by atoms with E-state index >= 15 is 0 Å². The Balaban J connectivity index is 1.66. The third-order valence-electron chi connectivity index (χ3n) is 4.49. The number of carbonyl (C=O) groups excluding carboxylic acids is 2. The summed E-state index contributed by atoms with van der Waals surface area (Å²) in [4.78, 5) is 24.4. The Morgan fingerprint density at radius 2 is 1.50 bits per heavy atom. The molecule has 3 aromatic rings. The predicted molar refractivity (Wildman–Crippen MR) is 109 cm³/mol. The van der Waals surface area contributed by atoms with Gasteiger partial charge in [0.1, 0.15) is 11.5 Å². The molecule has 0 aliphatic carbocycles. The molecule has 0 saturated heterocycles. The molecule has 28 heavy (non-hydrogen) atoms. The van der Waals surface area contributed by atoms with Crippen LogP contribution in [-0.4, -0.2) is 11.8 Å². The molecule has 2 N–H and O–H groups in total. The van der Waals surface area contributed by atoms with Crippen LogP contribution in [0.3, 0.4) is 0 Å².